The van der Waals surface area contributed by atoms with Crippen LogP contribution in [-0.2, 0) is 22.8 Å². The number of hydrogen-bond acceptors (Lipinski definition) is 5. The van der Waals surface area contributed by atoms with Crippen LogP contribution in [0.1, 0.15) is 11.1 Å². The fourth-order valence-electron chi connectivity index (χ4n) is 1.50. The number of hydrogen-bond donors (Lipinski definition) is 1. The van der Waals surface area contributed by atoms with Gasteiger partial charge in [0.25, 0.3) is 0 Å². The summed E-state index contributed by atoms with van der Waals surface area (Å²) < 4.78 is 15.6. The van der Waals surface area contributed by atoms with Crippen LogP contribution < -0.4 is 15.4 Å². The number of benzene rings is 1. The van der Waals surface area contributed by atoms with Gasteiger partial charge in [0.05, 0.1) is 33.0 Å². The quantitative estimate of drug-likeness (QED) is 0.741. The average Bonchev–Trinajstić information content (AvgIpc) is 2.31. The third-order valence-electron chi connectivity index (χ3n) is 2.21. The lowest BCUT2D eigenvalue weighted by molar-refractivity contribution is 0.123. The molecule has 0 aromatic heterocycles. The molecule has 90 valence electrons. The van der Waals surface area contributed by atoms with Gasteiger partial charge in [0.15, 0.2) is 0 Å². The Morgan fingerprint density at radius 2 is 1.56 bits per heavy atom. The van der Waals surface area contributed by atoms with Crippen LogP contribution in [0.4, 0.5) is 0 Å². The molecule has 0 saturated heterocycles. The standard InChI is InChI=1S/C11H17NO4/c1-13-7-9-10(14-2)4-8(6-16-12)5-11(9)15-3/h4-5H,6-7,12H2,1-3H3. The van der Waals surface area contributed by atoms with Crippen molar-refractivity contribution in [2.45, 2.75) is 13.2 Å². The van der Waals surface area contributed by atoms with Crippen LogP contribution in [-0.4, -0.2) is 21.3 Å². The van der Waals surface area contributed by atoms with Crippen LogP contribution in [0.25, 0.3) is 0 Å². The zero-order chi connectivity index (χ0) is 12.0. The fraction of sp³-hybridized carbons (Fsp3) is 0.455. The molecule has 0 fully saturated rings. The molecule has 0 unspecified atom stereocenters. The van der Waals surface area contributed by atoms with E-state index in [0.29, 0.717) is 24.7 Å². The van der Waals surface area contributed by atoms with Crippen LogP contribution in [0.2, 0.25) is 0 Å². The Balaban J connectivity index is 3.14. The van der Waals surface area contributed by atoms with Crippen molar-refractivity contribution >= 4 is 0 Å². The van der Waals surface area contributed by atoms with Gasteiger partial charge in [0.2, 0.25) is 0 Å². The fourth-order valence-corrected chi connectivity index (χ4v) is 1.50. The molecule has 1 aromatic carbocycles. The molecule has 0 aliphatic carbocycles. The molecule has 0 saturated carbocycles. The topological polar surface area (TPSA) is 62.9 Å². The lowest BCUT2D eigenvalue weighted by atomic mass is 10.1. The van der Waals surface area contributed by atoms with Crippen molar-refractivity contribution in [1.82, 2.24) is 0 Å². The molecule has 0 aliphatic rings. The first-order valence-electron chi connectivity index (χ1n) is 4.81. The van der Waals surface area contributed by atoms with Gasteiger partial charge in [-0.1, -0.05) is 0 Å². The molecule has 16 heavy (non-hydrogen) atoms. The lowest BCUT2D eigenvalue weighted by Crippen LogP contribution is -2.03. The summed E-state index contributed by atoms with van der Waals surface area (Å²) in [5.74, 6) is 6.44. The second-order valence-electron chi connectivity index (χ2n) is 3.22. The molecule has 1 rings (SSSR count). The Bertz CT molecular complexity index is 316. The van der Waals surface area contributed by atoms with Crippen molar-refractivity contribution in [3.05, 3.63) is 23.3 Å². The van der Waals surface area contributed by atoms with Gasteiger partial charge >= 0.3 is 0 Å². The molecule has 0 spiro atoms. The molecule has 5 heteroatoms. The van der Waals surface area contributed by atoms with Gasteiger partial charge in [-0.25, -0.2) is 5.90 Å². The second-order valence-corrected chi connectivity index (χ2v) is 3.22. The van der Waals surface area contributed by atoms with E-state index in [-0.39, 0.29) is 0 Å². The highest BCUT2D eigenvalue weighted by molar-refractivity contribution is 5.47. The van der Waals surface area contributed by atoms with Gasteiger partial charge in [-0.2, -0.15) is 0 Å². The van der Waals surface area contributed by atoms with Gasteiger partial charge in [-0.05, 0) is 17.7 Å². The molecule has 2 N–H and O–H groups in total. The van der Waals surface area contributed by atoms with Crippen LogP contribution >= 0.6 is 0 Å². The third kappa shape index (κ3) is 2.85. The molecule has 0 bridgehead atoms. The van der Waals surface area contributed by atoms with E-state index in [4.69, 9.17) is 20.1 Å². The molecule has 0 atom stereocenters. The summed E-state index contributed by atoms with van der Waals surface area (Å²) in [7, 11) is 4.82. The van der Waals surface area contributed by atoms with E-state index in [1.807, 2.05) is 12.1 Å². The monoisotopic (exact) mass is 227 g/mol. The molecular formula is C11H17NO4. The van der Waals surface area contributed by atoms with Crippen LogP contribution in [0, 0.1) is 0 Å². The summed E-state index contributed by atoms with van der Waals surface area (Å²) in [4.78, 5) is 4.58. The predicted molar refractivity (Wildman–Crippen MR) is 59.2 cm³/mol. The maximum absolute atomic E-state index is 5.27. The van der Waals surface area contributed by atoms with Crippen molar-refractivity contribution in [2.75, 3.05) is 21.3 Å². The highest BCUT2D eigenvalue weighted by Gasteiger charge is 2.12. The summed E-state index contributed by atoms with van der Waals surface area (Å²) in [5.41, 5.74) is 1.75. The van der Waals surface area contributed by atoms with E-state index in [0.717, 1.165) is 11.1 Å². The normalized spacial score (nSPS) is 10.2. The SMILES string of the molecule is COCc1c(OC)cc(CON)cc1OC. The van der Waals surface area contributed by atoms with E-state index in [2.05, 4.69) is 4.84 Å². The number of ether oxygens (including phenoxy) is 3. The maximum atomic E-state index is 5.27. The molecule has 0 heterocycles. The minimum atomic E-state index is 0.306. The predicted octanol–water partition coefficient (Wildman–Crippen LogP) is 1.24. The van der Waals surface area contributed by atoms with Crippen molar-refractivity contribution in [2.24, 2.45) is 5.90 Å². The summed E-state index contributed by atoms with van der Waals surface area (Å²) in [5, 5.41) is 0. The highest BCUT2D eigenvalue weighted by Crippen LogP contribution is 2.31. The van der Waals surface area contributed by atoms with E-state index in [1.54, 1.807) is 21.3 Å². The van der Waals surface area contributed by atoms with Crippen LogP contribution in [0.5, 0.6) is 11.5 Å². The lowest BCUT2D eigenvalue weighted by Gasteiger charge is -2.14. The van der Waals surface area contributed by atoms with E-state index < -0.39 is 0 Å². The summed E-state index contributed by atoms with van der Waals surface area (Å²) in [6, 6.07) is 3.70. The van der Waals surface area contributed by atoms with Gasteiger partial charge in [-0.3, -0.25) is 4.84 Å². The minimum Gasteiger partial charge on any atom is -0.496 e. The van der Waals surface area contributed by atoms with E-state index in [9.17, 15) is 0 Å². The van der Waals surface area contributed by atoms with Crippen molar-refractivity contribution in [3.63, 3.8) is 0 Å². The Labute approximate surface area is 95.0 Å². The summed E-state index contributed by atoms with van der Waals surface area (Å²) in [6.45, 7) is 0.732. The Morgan fingerprint density at radius 1 is 1.00 bits per heavy atom. The van der Waals surface area contributed by atoms with Crippen LogP contribution in [0.15, 0.2) is 12.1 Å². The Morgan fingerprint density at radius 3 is 1.94 bits per heavy atom. The van der Waals surface area contributed by atoms with Crippen molar-refractivity contribution in [1.29, 1.82) is 0 Å². The zero-order valence-electron chi connectivity index (χ0n) is 9.78. The summed E-state index contributed by atoms with van der Waals surface area (Å²) in [6.07, 6.45) is 0. The first kappa shape index (κ1) is 12.8. The minimum absolute atomic E-state index is 0.306. The molecule has 0 aliphatic heterocycles. The summed E-state index contributed by atoms with van der Waals surface area (Å²) >= 11 is 0. The molecule has 1 aromatic rings. The molecular weight excluding hydrogens is 210 g/mol. The largest absolute Gasteiger partial charge is 0.496 e. The van der Waals surface area contributed by atoms with Crippen molar-refractivity contribution < 1.29 is 19.0 Å². The van der Waals surface area contributed by atoms with E-state index in [1.165, 1.54) is 0 Å². The van der Waals surface area contributed by atoms with Gasteiger partial charge in [0, 0.05) is 7.11 Å². The Hall–Kier alpha value is -1.30. The average molecular weight is 227 g/mol. The number of methoxy groups -OCH3 is 3. The van der Waals surface area contributed by atoms with E-state index >= 15 is 0 Å². The number of rotatable bonds is 6. The first-order valence-corrected chi connectivity index (χ1v) is 4.81. The van der Waals surface area contributed by atoms with Gasteiger partial charge in [0.1, 0.15) is 11.5 Å². The smallest absolute Gasteiger partial charge is 0.128 e. The third-order valence-corrected chi connectivity index (χ3v) is 2.21. The maximum Gasteiger partial charge on any atom is 0.128 e. The molecule has 0 amide bonds. The highest BCUT2D eigenvalue weighted by atomic mass is 16.6. The zero-order valence-corrected chi connectivity index (χ0v) is 9.78. The van der Waals surface area contributed by atoms with Gasteiger partial charge < -0.3 is 14.2 Å². The molecule has 0 radical (unpaired) electrons. The second kappa shape index (κ2) is 6.32. The molecule has 5 nitrogen and oxygen atoms in total. The Kier molecular flexibility index (Phi) is 5.04. The van der Waals surface area contributed by atoms with Crippen LogP contribution in [0.3, 0.4) is 0 Å². The number of nitrogens with two attached hydrogens (primary N) is 1. The van der Waals surface area contributed by atoms with Gasteiger partial charge in [-0.15, -0.1) is 0 Å². The van der Waals surface area contributed by atoms with Crippen molar-refractivity contribution in [3.8, 4) is 11.5 Å². The first-order chi connectivity index (χ1) is 7.76.